The molecule has 0 aliphatic carbocycles. The number of aryl methyl sites for hydroxylation is 4. The van der Waals surface area contributed by atoms with Gasteiger partial charge >= 0.3 is 5.69 Å². The van der Waals surface area contributed by atoms with Gasteiger partial charge in [-0.25, -0.2) is 9.79 Å². The molecule has 5 rings (SSSR count). The highest BCUT2D eigenvalue weighted by molar-refractivity contribution is 5.70. The van der Waals surface area contributed by atoms with E-state index >= 15 is 0 Å². The first kappa shape index (κ1) is 25.5. The summed E-state index contributed by atoms with van der Waals surface area (Å²) in [6.07, 6.45) is 0.712. The van der Waals surface area contributed by atoms with Gasteiger partial charge < -0.3 is 15.2 Å². The van der Waals surface area contributed by atoms with Crippen LogP contribution in [-0.2, 0) is 26.1 Å². The predicted molar refractivity (Wildman–Crippen MR) is 150 cm³/mol. The molecule has 38 heavy (non-hydrogen) atoms. The molecule has 0 fully saturated rings. The van der Waals surface area contributed by atoms with Crippen molar-refractivity contribution in [2.24, 2.45) is 10.7 Å². The Balaban J connectivity index is 1.64. The molecule has 0 radical (unpaired) electrons. The van der Waals surface area contributed by atoms with E-state index in [1.54, 1.807) is 11.7 Å². The third-order valence-corrected chi connectivity index (χ3v) is 7.02. The van der Waals surface area contributed by atoms with Crippen LogP contribution in [0, 0.1) is 20.8 Å². The lowest BCUT2D eigenvalue weighted by molar-refractivity contribution is 0.284. The summed E-state index contributed by atoms with van der Waals surface area (Å²) in [5, 5.41) is 0. The molecular formula is C31H34N4O3. The summed E-state index contributed by atoms with van der Waals surface area (Å²) in [6.45, 7) is 7.93. The molecule has 7 heteroatoms. The zero-order valence-corrected chi connectivity index (χ0v) is 22.5. The van der Waals surface area contributed by atoms with E-state index < -0.39 is 0 Å². The Hall–Kier alpha value is -4.10. The van der Waals surface area contributed by atoms with E-state index in [0.29, 0.717) is 49.6 Å². The van der Waals surface area contributed by atoms with E-state index in [1.807, 2.05) is 53.1 Å². The monoisotopic (exact) mass is 510 g/mol. The van der Waals surface area contributed by atoms with Gasteiger partial charge in [0, 0.05) is 31.3 Å². The van der Waals surface area contributed by atoms with Crippen LogP contribution in [0.25, 0.3) is 11.3 Å². The summed E-state index contributed by atoms with van der Waals surface area (Å²) in [6, 6.07) is 20.3. The lowest BCUT2D eigenvalue weighted by Crippen LogP contribution is -2.43. The highest BCUT2D eigenvalue weighted by Gasteiger charge is 2.22. The number of hydrogen-bond donors (Lipinski definition) is 1. The summed E-state index contributed by atoms with van der Waals surface area (Å²) < 4.78 is 15.4. The lowest BCUT2D eigenvalue weighted by Gasteiger charge is -2.25. The Morgan fingerprint density at radius 1 is 0.974 bits per heavy atom. The number of aromatic nitrogens is 2. The fourth-order valence-corrected chi connectivity index (χ4v) is 5.25. The van der Waals surface area contributed by atoms with Gasteiger partial charge in [-0.05, 0) is 61.6 Å². The van der Waals surface area contributed by atoms with E-state index in [1.165, 1.54) is 5.56 Å². The van der Waals surface area contributed by atoms with Crippen LogP contribution >= 0.6 is 0 Å². The zero-order valence-electron chi connectivity index (χ0n) is 22.5. The highest BCUT2D eigenvalue weighted by atomic mass is 16.5. The number of benzene rings is 3. The minimum atomic E-state index is -0.108. The van der Waals surface area contributed by atoms with Crippen LogP contribution in [0.4, 0.5) is 5.69 Å². The molecular weight excluding hydrogens is 476 g/mol. The lowest BCUT2D eigenvalue weighted by atomic mass is 9.97. The summed E-state index contributed by atoms with van der Waals surface area (Å²) in [5.41, 5.74) is 14.6. The maximum absolute atomic E-state index is 13.7. The minimum Gasteiger partial charge on any atom is -0.493 e. The second-order valence-electron chi connectivity index (χ2n) is 9.81. The number of ether oxygens (including phenoxy) is 2. The molecule has 0 bridgehead atoms. The first-order chi connectivity index (χ1) is 18.4. The molecule has 4 aromatic rings. The first-order valence-electron chi connectivity index (χ1n) is 12.9. The van der Waals surface area contributed by atoms with E-state index in [-0.39, 0.29) is 5.69 Å². The second kappa shape index (κ2) is 10.7. The molecule has 2 N–H and O–H groups in total. The number of nitrogens with two attached hydrogens (primary N) is 1. The Labute approximate surface area is 222 Å². The quantitative estimate of drug-likeness (QED) is 0.395. The molecule has 0 spiro atoms. The van der Waals surface area contributed by atoms with Gasteiger partial charge in [0.1, 0.15) is 12.1 Å². The van der Waals surface area contributed by atoms with Crippen molar-refractivity contribution in [2.75, 3.05) is 13.7 Å². The Kier molecular flexibility index (Phi) is 7.20. The van der Waals surface area contributed by atoms with Crippen molar-refractivity contribution in [3.63, 3.8) is 0 Å². The molecule has 3 aromatic carbocycles. The standard InChI is InChI=1S/C31H34N4O3/c1-20-14-21(2)30(22(3)15-20)33-29-18-26-25-17-27(37-4)28(38-19-23-8-6-5-7-9-23)16-24(25)10-12-34(26)31(36)35(29)13-11-32/h5-9,14-18H,10-13,19,32H2,1-4H3. The summed E-state index contributed by atoms with van der Waals surface area (Å²) in [5.74, 6) is 1.32. The molecule has 196 valence electrons. The van der Waals surface area contributed by atoms with Crippen molar-refractivity contribution >= 4 is 5.69 Å². The van der Waals surface area contributed by atoms with Gasteiger partial charge in [0.2, 0.25) is 0 Å². The molecule has 1 aliphatic rings. The largest absolute Gasteiger partial charge is 0.493 e. The average Bonchev–Trinajstić information content (AvgIpc) is 2.91. The van der Waals surface area contributed by atoms with Crippen LogP contribution in [0.2, 0.25) is 0 Å². The molecule has 7 nitrogen and oxygen atoms in total. The third kappa shape index (κ3) is 4.89. The first-order valence-corrected chi connectivity index (χ1v) is 12.9. The summed E-state index contributed by atoms with van der Waals surface area (Å²) >= 11 is 0. The molecule has 1 aliphatic heterocycles. The molecule has 0 atom stereocenters. The summed E-state index contributed by atoms with van der Waals surface area (Å²) in [7, 11) is 1.64. The van der Waals surface area contributed by atoms with Crippen LogP contribution < -0.4 is 26.4 Å². The molecule has 0 saturated carbocycles. The number of fused-ring (bicyclic) bond motifs is 3. The fraction of sp³-hybridized carbons (Fsp3) is 0.290. The van der Waals surface area contributed by atoms with Gasteiger partial charge in [0.25, 0.3) is 0 Å². The van der Waals surface area contributed by atoms with Crippen molar-refractivity contribution in [3.05, 3.63) is 104 Å². The fourth-order valence-electron chi connectivity index (χ4n) is 5.25. The minimum absolute atomic E-state index is 0.108. The van der Waals surface area contributed by atoms with Crippen molar-refractivity contribution in [2.45, 2.75) is 46.9 Å². The Bertz CT molecular complexity index is 1590. The van der Waals surface area contributed by atoms with Gasteiger partial charge in [-0.2, -0.15) is 0 Å². The van der Waals surface area contributed by atoms with Crippen molar-refractivity contribution in [3.8, 4) is 22.8 Å². The number of rotatable bonds is 7. The molecule has 0 saturated heterocycles. The van der Waals surface area contributed by atoms with E-state index in [2.05, 4.69) is 32.9 Å². The highest BCUT2D eigenvalue weighted by Crippen LogP contribution is 2.38. The van der Waals surface area contributed by atoms with Gasteiger partial charge in [0.15, 0.2) is 11.5 Å². The average molecular weight is 511 g/mol. The van der Waals surface area contributed by atoms with Crippen LogP contribution in [0.3, 0.4) is 0 Å². The maximum atomic E-state index is 13.7. The molecule has 0 amide bonds. The smallest absolute Gasteiger partial charge is 0.330 e. The number of methoxy groups -OCH3 is 1. The van der Waals surface area contributed by atoms with Gasteiger partial charge in [0.05, 0.1) is 18.5 Å². The predicted octanol–water partition coefficient (Wildman–Crippen LogP) is 4.58. The van der Waals surface area contributed by atoms with Gasteiger partial charge in [-0.1, -0.05) is 48.0 Å². The second-order valence-corrected chi connectivity index (χ2v) is 9.81. The van der Waals surface area contributed by atoms with Gasteiger partial charge in [-0.15, -0.1) is 0 Å². The van der Waals surface area contributed by atoms with Crippen molar-refractivity contribution < 1.29 is 9.47 Å². The third-order valence-electron chi connectivity index (χ3n) is 7.02. The summed E-state index contributed by atoms with van der Waals surface area (Å²) in [4.78, 5) is 18.7. The zero-order chi connectivity index (χ0) is 26.8. The Morgan fingerprint density at radius 2 is 1.71 bits per heavy atom. The molecule has 2 heterocycles. The van der Waals surface area contributed by atoms with Crippen LogP contribution in [-0.4, -0.2) is 22.8 Å². The number of nitrogens with zero attached hydrogens (tertiary/aromatic N) is 3. The Morgan fingerprint density at radius 3 is 2.39 bits per heavy atom. The maximum Gasteiger partial charge on any atom is 0.330 e. The topological polar surface area (TPSA) is 83.8 Å². The van der Waals surface area contributed by atoms with E-state index in [9.17, 15) is 4.79 Å². The number of hydrogen-bond acceptors (Lipinski definition) is 5. The SMILES string of the molecule is COc1cc2c(cc1OCc1ccccc1)CCn1c-2cc(=Nc2c(C)cc(C)cc2C)n(CCN)c1=O. The van der Waals surface area contributed by atoms with Gasteiger partial charge in [-0.3, -0.25) is 9.13 Å². The van der Waals surface area contributed by atoms with Crippen LogP contribution in [0.15, 0.2) is 70.5 Å². The van der Waals surface area contributed by atoms with Crippen molar-refractivity contribution in [1.29, 1.82) is 0 Å². The van der Waals surface area contributed by atoms with E-state index in [4.69, 9.17) is 20.2 Å². The van der Waals surface area contributed by atoms with Crippen LogP contribution in [0.5, 0.6) is 11.5 Å². The molecule has 0 unspecified atom stereocenters. The van der Waals surface area contributed by atoms with Crippen LogP contribution in [0.1, 0.15) is 27.8 Å². The normalized spacial score (nSPS) is 12.7. The van der Waals surface area contributed by atoms with E-state index in [0.717, 1.165) is 39.2 Å². The van der Waals surface area contributed by atoms with Crippen molar-refractivity contribution in [1.82, 2.24) is 9.13 Å². The molecule has 1 aromatic heterocycles.